The molecule has 0 amide bonds. The van der Waals surface area contributed by atoms with E-state index in [2.05, 4.69) is 165 Å². The van der Waals surface area contributed by atoms with Gasteiger partial charge in [0.1, 0.15) is 5.75 Å². The minimum atomic E-state index is -0.164. The number of rotatable bonds is 6. The summed E-state index contributed by atoms with van der Waals surface area (Å²) >= 11 is 0. The van der Waals surface area contributed by atoms with Crippen LogP contribution in [0.5, 0.6) is 5.75 Å². The summed E-state index contributed by atoms with van der Waals surface area (Å²) < 4.78 is 2.38. The van der Waals surface area contributed by atoms with E-state index in [-0.39, 0.29) is 11.2 Å². The maximum atomic E-state index is 10.9. The zero-order valence-corrected chi connectivity index (χ0v) is 30.5. The molecule has 0 atom stereocenters. The van der Waals surface area contributed by atoms with Crippen molar-refractivity contribution in [3.8, 4) is 67.5 Å². The summed E-state index contributed by atoms with van der Waals surface area (Å²) in [5, 5.41) is 13.4. The lowest BCUT2D eigenvalue weighted by molar-refractivity contribution is 0.477. The molecule has 0 bridgehead atoms. The highest BCUT2D eigenvalue weighted by atomic mass is 16.3. The standard InChI is InChI=1S/C50H39N3O/c1-50(2,3)43-26-25-35(29-42(43)46-32-36(33-15-6-4-7-16-33)31-45(52-46)41-20-11-13-24-48(41)54)44-30-34(27-28-51-44)38-21-14-22-40-39-19-10-12-23-47(39)53(49(38)40)37-17-8-5-9-18-37/h4-32,54H,1-3H3. The Morgan fingerprint density at radius 2 is 1.13 bits per heavy atom. The van der Waals surface area contributed by atoms with E-state index in [4.69, 9.17) is 9.97 Å². The van der Waals surface area contributed by atoms with Crippen LogP contribution in [0.25, 0.3) is 83.5 Å². The lowest BCUT2D eigenvalue weighted by Gasteiger charge is -2.24. The predicted octanol–water partition coefficient (Wildman–Crippen LogP) is 12.9. The number of para-hydroxylation sites is 4. The summed E-state index contributed by atoms with van der Waals surface area (Å²) in [5.74, 6) is 0.202. The van der Waals surface area contributed by atoms with Gasteiger partial charge in [-0.3, -0.25) is 4.98 Å². The van der Waals surface area contributed by atoms with E-state index in [9.17, 15) is 5.11 Å². The molecule has 0 aliphatic carbocycles. The van der Waals surface area contributed by atoms with Crippen molar-refractivity contribution in [2.24, 2.45) is 0 Å². The van der Waals surface area contributed by atoms with Crippen LogP contribution < -0.4 is 0 Å². The highest BCUT2D eigenvalue weighted by molar-refractivity contribution is 6.13. The first-order chi connectivity index (χ1) is 26.3. The van der Waals surface area contributed by atoms with Crippen molar-refractivity contribution in [1.82, 2.24) is 14.5 Å². The van der Waals surface area contributed by atoms with E-state index in [1.54, 1.807) is 6.07 Å². The van der Waals surface area contributed by atoms with E-state index < -0.39 is 0 Å². The molecular formula is C50H39N3O. The van der Waals surface area contributed by atoms with Crippen molar-refractivity contribution >= 4 is 21.8 Å². The lowest BCUT2D eigenvalue weighted by atomic mass is 9.81. The van der Waals surface area contributed by atoms with Gasteiger partial charge in [-0.05, 0) is 88.3 Å². The molecule has 260 valence electrons. The molecule has 0 saturated heterocycles. The van der Waals surface area contributed by atoms with Crippen LogP contribution in [0.15, 0.2) is 176 Å². The maximum absolute atomic E-state index is 10.9. The molecule has 0 saturated carbocycles. The molecule has 1 N–H and O–H groups in total. The van der Waals surface area contributed by atoms with Crippen molar-refractivity contribution < 1.29 is 5.11 Å². The first kappa shape index (κ1) is 33.1. The van der Waals surface area contributed by atoms with Crippen LogP contribution in [0.1, 0.15) is 26.3 Å². The fraction of sp³-hybridized carbons (Fsp3) is 0.0800. The first-order valence-electron chi connectivity index (χ1n) is 18.4. The smallest absolute Gasteiger partial charge is 0.124 e. The number of aromatic nitrogens is 3. The fourth-order valence-corrected chi connectivity index (χ4v) is 7.72. The summed E-state index contributed by atoms with van der Waals surface area (Å²) in [7, 11) is 0. The second-order valence-electron chi connectivity index (χ2n) is 14.8. The normalized spacial score (nSPS) is 11.7. The monoisotopic (exact) mass is 697 g/mol. The molecule has 0 aliphatic rings. The third-order valence-corrected chi connectivity index (χ3v) is 10.3. The Hall–Kier alpha value is -6.78. The Balaban J connectivity index is 1.23. The predicted molar refractivity (Wildman–Crippen MR) is 224 cm³/mol. The van der Waals surface area contributed by atoms with Crippen LogP contribution in [0.2, 0.25) is 0 Å². The van der Waals surface area contributed by atoms with Crippen LogP contribution in [0.3, 0.4) is 0 Å². The first-order valence-corrected chi connectivity index (χ1v) is 18.4. The second kappa shape index (κ2) is 13.3. The number of fused-ring (bicyclic) bond motifs is 3. The fourth-order valence-electron chi connectivity index (χ4n) is 7.72. The number of phenols is 1. The van der Waals surface area contributed by atoms with Gasteiger partial charge in [-0.1, -0.05) is 130 Å². The Labute approximate surface area is 315 Å². The topological polar surface area (TPSA) is 50.9 Å². The number of hydrogen-bond donors (Lipinski definition) is 1. The van der Waals surface area contributed by atoms with Crippen LogP contribution in [-0.2, 0) is 5.41 Å². The number of pyridine rings is 2. The van der Waals surface area contributed by atoms with Gasteiger partial charge in [0.2, 0.25) is 0 Å². The molecule has 3 heterocycles. The van der Waals surface area contributed by atoms with Crippen molar-refractivity contribution in [1.29, 1.82) is 0 Å². The van der Waals surface area contributed by atoms with Crippen LogP contribution in [0, 0.1) is 0 Å². The molecule has 4 heteroatoms. The van der Waals surface area contributed by atoms with Gasteiger partial charge >= 0.3 is 0 Å². The number of nitrogens with zero attached hydrogens (tertiary/aromatic N) is 3. The average Bonchev–Trinajstić information content (AvgIpc) is 3.56. The molecule has 0 radical (unpaired) electrons. The molecule has 3 aromatic heterocycles. The van der Waals surface area contributed by atoms with Crippen LogP contribution in [0.4, 0.5) is 0 Å². The van der Waals surface area contributed by atoms with E-state index in [1.165, 1.54) is 27.4 Å². The van der Waals surface area contributed by atoms with Gasteiger partial charge < -0.3 is 9.67 Å². The molecule has 0 aliphatic heterocycles. The molecule has 9 rings (SSSR count). The third kappa shape index (κ3) is 5.92. The van der Waals surface area contributed by atoms with E-state index >= 15 is 0 Å². The van der Waals surface area contributed by atoms with Gasteiger partial charge in [0.25, 0.3) is 0 Å². The van der Waals surface area contributed by atoms with Crippen molar-refractivity contribution in [2.75, 3.05) is 0 Å². The van der Waals surface area contributed by atoms with Crippen LogP contribution >= 0.6 is 0 Å². The summed E-state index contributed by atoms with van der Waals surface area (Å²) in [6.45, 7) is 6.71. The zero-order chi connectivity index (χ0) is 36.8. The Morgan fingerprint density at radius 3 is 1.91 bits per heavy atom. The molecule has 0 unspecified atom stereocenters. The zero-order valence-electron chi connectivity index (χ0n) is 30.5. The van der Waals surface area contributed by atoms with E-state index in [1.807, 2.05) is 30.5 Å². The SMILES string of the molecule is CC(C)(C)c1ccc(-c2cc(-c3cccc4c5ccccc5n(-c5ccccc5)c34)ccn2)cc1-c1cc(-c2ccccc2)cc(-c2ccccc2O)n1. The minimum absolute atomic E-state index is 0.164. The largest absolute Gasteiger partial charge is 0.507 e. The number of hydrogen-bond acceptors (Lipinski definition) is 3. The Morgan fingerprint density at radius 1 is 0.481 bits per heavy atom. The van der Waals surface area contributed by atoms with Gasteiger partial charge in [-0.15, -0.1) is 0 Å². The Kier molecular flexibility index (Phi) is 8.16. The van der Waals surface area contributed by atoms with E-state index in [0.29, 0.717) is 5.56 Å². The molecule has 0 fully saturated rings. The van der Waals surface area contributed by atoms with Crippen molar-refractivity contribution in [2.45, 2.75) is 26.2 Å². The molecular weight excluding hydrogens is 659 g/mol. The second-order valence-corrected chi connectivity index (χ2v) is 14.8. The molecule has 0 spiro atoms. The highest BCUT2D eigenvalue weighted by Crippen LogP contribution is 2.41. The number of phenolic OH excluding ortho intramolecular Hbond substituents is 1. The van der Waals surface area contributed by atoms with Gasteiger partial charge in [0.15, 0.2) is 0 Å². The molecule has 6 aromatic carbocycles. The van der Waals surface area contributed by atoms with Gasteiger partial charge in [-0.2, -0.15) is 0 Å². The summed E-state index contributed by atoms with van der Waals surface area (Å²) in [6.07, 6.45) is 1.92. The van der Waals surface area contributed by atoms with Gasteiger partial charge in [0, 0.05) is 44.9 Å². The molecule has 54 heavy (non-hydrogen) atoms. The van der Waals surface area contributed by atoms with Crippen molar-refractivity contribution in [3.63, 3.8) is 0 Å². The van der Waals surface area contributed by atoms with Crippen LogP contribution in [-0.4, -0.2) is 19.6 Å². The van der Waals surface area contributed by atoms with E-state index in [0.717, 1.165) is 56.1 Å². The summed E-state index contributed by atoms with van der Waals surface area (Å²) in [5.41, 5.74) is 14.0. The Bertz CT molecular complexity index is 2810. The van der Waals surface area contributed by atoms with Gasteiger partial charge in [0.05, 0.1) is 28.1 Å². The summed E-state index contributed by atoms with van der Waals surface area (Å²) in [6, 6.07) is 58.8. The molecule has 9 aromatic rings. The highest BCUT2D eigenvalue weighted by Gasteiger charge is 2.23. The molecule has 4 nitrogen and oxygen atoms in total. The third-order valence-electron chi connectivity index (χ3n) is 10.3. The minimum Gasteiger partial charge on any atom is -0.507 e. The quantitative estimate of drug-likeness (QED) is 0.188. The average molecular weight is 698 g/mol. The number of aromatic hydroxyl groups is 1. The maximum Gasteiger partial charge on any atom is 0.124 e. The lowest BCUT2D eigenvalue weighted by Crippen LogP contribution is -2.13. The number of benzene rings is 6. The summed E-state index contributed by atoms with van der Waals surface area (Å²) in [4.78, 5) is 10.2. The van der Waals surface area contributed by atoms with Gasteiger partial charge in [-0.25, -0.2) is 4.98 Å². The van der Waals surface area contributed by atoms with Crippen molar-refractivity contribution in [3.05, 3.63) is 182 Å².